The highest BCUT2D eigenvalue weighted by molar-refractivity contribution is 6.06. The molecule has 1 saturated heterocycles. The number of benzene rings is 2. The lowest BCUT2D eigenvalue weighted by molar-refractivity contribution is 0.102. The molecule has 1 fully saturated rings. The van der Waals surface area contributed by atoms with Crippen LogP contribution < -0.4 is 5.32 Å². The molecule has 4 aromatic rings. The molecule has 5 rings (SSSR count). The van der Waals surface area contributed by atoms with Gasteiger partial charge in [0.05, 0.1) is 23.3 Å². The Morgan fingerprint density at radius 3 is 3.03 bits per heavy atom. The number of carbonyl (C=O) groups excluding carboxylic acids is 1. The number of anilines is 1. The maximum atomic E-state index is 12.7. The number of likely N-dealkylation sites (tertiary alicyclic amines) is 1. The van der Waals surface area contributed by atoms with Crippen molar-refractivity contribution >= 4 is 33.6 Å². The van der Waals surface area contributed by atoms with Gasteiger partial charge in [-0.05, 0) is 69.6 Å². The normalized spacial score (nSPS) is 17.4. The topological polar surface area (TPSA) is 87.1 Å². The van der Waals surface area contributed by atoms with Gasteiger partial charge in [0.25, 0.3) is 5.91 Å². The predicted octanol–water partition coefficient (Wildman–Crippen LogP) is 4.25. The fraction of sp³-hybridized carbons (Fsp3) is 0.318. The van der Waals surface area contributed by atoms with Crippen LogP contribution in [0.4, 0.5) is 5.69 Å². The van der Waals surface area contributed by atoms with Gasteiger partial charge in [-0.3, -0.25) is 9.69 Å². The minimum atomic E-state index is -0.189. The molecule has 0 unspecified atom stereocenters. The summed E-state index contributed by atoms with van der Waals surface area (Å²) in [7, 11) is 0. The van der Waals surface area contributed by atoms with E-state index in [4.69, 9.17) is 9.51 Å². The molecule has 7 nitrogen and oxygen atoms in total. The third-order valence-electron chi connectivity index (χ3n) is 5.75. The highest BCUT2D eigenvalue weighted by Gasteiger charge is 2.21. The molecule has 7 heteroatoms. The molecule has 0 saturated carbocycles. The highest BCUT2D eigenvalue weighted by atomic mass is 16.5. The Kier molecular flexibility index (Phi) is 4.32. The van der Waals surface area contributed by atoms with Crippen molar-refractivity contribution in [2.24, 2.45) is 0 Å². The Hall–Kier alpha value is -3.19. The summed E-state index contributed by atoms with van der Waals surface area (Å²) in [6.45, 7) is 6.09. The molecule has 2 aromatic carbocycles. The first-order valence-corrected chi connectivity index (χ1v) is 9.97. The number of carbonyl (C=O) groups is 1. The van der Waals surface area contributed by atoms with Crippen molar-refractivity contribution in [3.63, 3.8) is 0 Å². The van der Waals surface area contributed by atoms with Gasteiger partial charge in [0, 0.05) is 22.7 Å². The zero-order chi connectivity index (χ0) is 20.0. The number of nitrogens with one attached hydrogen (secondary N) is 2. The van der Waals surface area contributed by atoms with Crippen molar-refractivity contribution in [3.8, 4) is 0 Å². The van der Waals surface area contributed by atoms with Gasteiger partial charge in [-0.15, -0.1) is 0 Å². The lowest BCUT2D eigenvalue weighted by atomic mass is 10.1. The Morgan fingerprint density at radius 1 is 1.31 bits per heavy atom. The molecule has 29 heavy (non-hydrogen) atoms. The zero-order valence-corrected chi connectivity index (χ0v) is 16.5. The Labute approximate surface area is 168 Å². The van der Waals surface area contributed by atoms with E-state index in [0.29, 0.717) is 17.2 Å². The fourth-order valence-electron chi connectivity index (χ4n) is 4.04. The van der Waals surface area contributed by atoms with Crippen molar-refractivity contribution in [2.45, 2.75) is 39.3 Å². The Morgan fingerprint density at radius 2 is 2.21 bits per heavy atom. The van der Waals surface area contributed by atoms with E-state index in [0.717, 1.165) is 46.7 Å². The van der Waals surface area contributed by atoms with Crippen LogP contribution in [-0.4, -0.2) is 38.5 Å². The number of fused-ring (bicyclic) bond motifs is 2. The molecule has 0 radical (unpaired) electrons. The molecule has 1 atom stereocenters. The maximum Gasteiger partial charge on any atom is 0.255 e. The Bertz CT molecular complexity index is 1210. The van der Waals surface area contributed by atoms with Gasteiger partial charge in [-0.1, -0.05) is 5.16 Å². The number of aryl methyl sites for hydroxylation is 1. The first-order valence-electron chi connectivity index (χ1n) is 9.97. The van der Waals surface area contributed by atoms with E-state index in [1.807, 2.05) is 31.2 Å². The number of amides is 1. The van der Waals surface area contributed by atoms with Crippen LogP contribution in [0.2, 0.25) is 0 Å². The Balaban J connectivity index is 1.34. The quantitative estimate of drug-likeness (QED) is 0.545. The van der Waals surface area contributed by atoms with Gasteiger partial charge < -0.3 is 14.8 Å². The molecular weight excluding hydrogens is 366 g/mol. The third kappa shape index (κ3) is 3.38. The number of aromatic amines is 1. The lowest BCUT2D eigenvalue weighted by Crippen LogP contribution is -2.26. The lowest BCUT2D eigenvalue weighted by Gasteiger charge is -2.19. The number of hydrogen-bond acceptors (Lipinski definition) is 5. The van der Waals surface area contributed by atoms with Crippen molar-refractivity contribution in [1.29, 1.82) is 0 Å². The van der Waals surface area contributed by atoms with E-state index in [-0.39, 0.29) is 5.91 Å². The van der Waals surface area contributed by atoms with E-state index < -0.39 is 0 Å². The van der Waals surface area contributed by atoms with E-state index in [1.54, 1.807) is 12.1 Å². The predicted molar refractivity (Wildman–Crippen MR) is 112 cm³/mol. The molecule has 0 spiro atoms. The average Bonchev–Trinajstić information content (AvgIpc) is 3.41. The molecule has 0 aliphatic carbocycles. The molecule has 2 N–H and O–H groups in total. The van der Waals surface area contributed by atoms with Gasteiger partial charge in [0.1, 0.15) is 5.82 Å². The summed E-state index contributed by atoms with van der Waals surface area (Å²) in [5.74, 6) is 0.773. The standard InChI is InChI=1S/C22H23N5O2/c1-13-4-3-9-27(13)12-21-24-18-8-6-16(11-19(18)25-21)23-22(28)15-5-7-17-14(2)26-29-20(17)10-15/h5-8,10-11,13H,3-4,9,12H2,1-2H3,(H,23,28)(H,24,25)/t13-/m0/s1. The van der Waals surface area contributed by atoms with Crippen molar-refractivity contribution in [2.75, 3.05) is 11.9 Å². The molecule has 1 amide bonds. The van der Waals surface area contributed by atoms with Gasteiger partial charge in [-0.2, -0.15) is 0 Å². The fourth-order valence-corrected chi connectivity index (χ4v) is 4.04. The molecule has 3 heterocycles. The van der Waals surface area contributed by atoms with Gasteiger partial charge >= 0.3 is 0 Å². The van der Waals surface area contributed by atoms with Crippen LogP contribution in [0.3, 0.4) is 0 Å². The second kappa shape index (κ2) is 7.00. The second-order valence-corrected chi connectivity index (χ2v) is 7.81. The first kappa shape index (κ1) is 17.9. The highest BCUT2D eigenvalue weighted by Crippen LogP contribution is 2.23. The minimum Gasteiger partial charge on any atom is -0.356 e. The second-order valence-electron chi connectivity index (χ2n) is 7.81. The van der Waals surface area contributed by atoms with Crippen LogP contribution in [-0.2, 0) is 6.54 Å². The molecule has 0 bridgehead atoms. The number of hydrogen-bond donors (Lipinski definition) is 2. The largest absolute Gasteiger partial charge is 0.356 e. The van der Waals surface area contributed by atoms with Gasteiger partial charge in [-0.25, -0.2) is 4.98 Å². The van der Waals surface area contributed by atoms with Crippen LogP contribution in [0.5, 0.6) is 0 Å². The number of H-pyrrole nitrogens is 1. The SMILES string of the molecule is Cc1noc2cc(C(=O)Nc3ccc4nc(CN5CCC[C@@H]5C)[nH]c4c3)ccc12. The number of aromatic nitrogens is 3. The smallest absolute Gasteiger partial charge is 0.255 e. The third-order valence-corrected chi connectivity index (χ3v) is 5.75. The van der Waals surface area contributed by atoms with Crippen molar-refractivity contribution < 1.29 is 9.32 Å². The summed E-state index contributed by atoms with van der Waals surface area (Å²) in [5.41, 5.74) is 4.51. The molecular formula is C22H23N5O2. The summed E-state index contributed by atoms with van der Waals surface area (Å²) in [4.78, 5) is 23.2. The van der Waals surface area contributed by atoms with Crippen LogP contribution in [0.25, 0.3) is 22.0 Å². The van der Waals surface area contributed by atoms with Crippen LogP contribution in [0.15, 0.2) is 40.9 Å². The summed E-state index contributed by atoms with van der Waals surface area (Å²) in [5, 5.41) is 7.81. The van der Waals surface area contributed by atoms with Crippen LogP contribution >= 0.6 is 0 Å². The minimum absolute atomic E-state index is 0.189. The van der Waals surface area contributed by atoms with Crippen molar-refractivity contribution in [1.82, 2.24) is 20.0 Å². The van der Waals surface area contributed by atoms with E-state index in [9.17, 15) is 4.79 Å². The molecule has 1 aliphatic rings. The first-order chi connectivity index (χ1) is 14.1. The number of rotatable bonds is 4. The summed E-state index contributed by atoms with van der Waals surface area (Å²) in [6, 6.07) is 11.7. The van der Waals surface area contributed by atoms with Crippen LogP contribution in [0.1, 0.15) is 41.6 Å². The molecule has 2 aromatic heterocycles. The summed E-state index contributed by atoms with van der Waals surface area (Å²) in [6.07, 6.45) is 2.49. The van der Waals surface area contributed by atoms with Crippen molar-refractivity contribution in [3.05, 3.63) is 53.5 Å². The van der Waals surface area contributed by atoms with Gasteiger partial charge in [0.15, 0.2) is 5.58 Å². The number of nitrogens with zero attached hydrogens (tertiary/aromatic N) is 3. The van der Waals surface area contributed by atoms with E-state index in [1.165, 1.54) is 12.8 Å². The van der Waals surface area contributed by atoms with E-state index >= 15 is 0 Å². The van der Waals surface area contributed by atoms with E-state index in [2.05, 4.69) is 27.3 Å². The molecule has 148 valence electrons. The summed E-state index contributed by atoms with van der Waals surface area (Å²) < 4.78 is 5.26. The maximum absolute atomic E-state index is 12.7. The van der Waals surface area contributed by atoms with Gasteiger partial charge in [0.2, 0.25) is 0 Å². The number of imidazole rings is 1. The zero-order valence-electron chi connectivity index (χ0n) is 16.5. The van der Waals surface area contributed by atoms with Crippen LogP contribution in [0, 0.1) is 6.92 Å². The monoisotopic (exact) mass is 389 g/mol. The average molecular weight is 389 g/mol. The summed E-state index contributed by atoms with van der Waals surface area (Å²) >= 11 is 0. The molecule has 1 aliphatic heterocycles.